The van der Waals surface area contributed by atoms with Gasteiger partial charge in [0.05, 0.1) is 11.1 Å². The second-order valence-electron chi connectivity index (χ2n) is 5.76. The molecule has 118 valence electrons. The molecule has 0 aliphatic carbocycles. The van der Waals surface area contributed by atoms with E-state index in [-0.39, 0.29) is 18.0 Å². The largest absolute Gasteiger partial charge is 0.304 e. The summed E-state index contributed by atoms with van der Waals surface area (Å²) in [6.45, 7) is 5.67. The SMILES string of the molecule is CCC(ON1C(=O)c2ccccc2C1=O)N1CCN(C)CC1. The number of amides is 2. The third kappa shape index (κ3) is 2.65. The molecule has 2 aliphatic rings. The number of benzene rings is 1. The fourth-order valence-corrected chi connectivity index (χ4v) is 2.89. The van der Waals surface area contributed by atoms with Crippen LogP contribution in [0.4, 0.5) is 0 Å². The van der Waals surface area contributed by atoms with Crippen molar-refractivity contribution >= 4 is 11.8 Å². The average Bonchev–Trinajstić information content (AvgIpc) is 2.78. The normalized spacial score (nSPS) is 21.3. The van der Waals surface area contributed by atoms with Crippen molar-refractivity contribution in [2.75, 3.05) is 33.2 Å². The minimum absolute atomic E-state index is 0.254. The minimum atomic E-state index is -0.367. The quantitative estimate of drug-likeness (QED) is 0.782. The zero-order chi connectivity index (χ0) is 15.7. The molecule has 2 aliphatic heterocycles. The third-order valence-corrected chi connectivity index (χ3v) is 4.28. The van der Waals surface area contributed by atoms with Crippen LogP contribution in [0.3, 0.4) is 0 Å². The summed E-state index contributed by atoms with van der Waals surface area (Å²) in [4.78, 5) is 34.9. The first-order valence-corrected chi connectivity index (χ1v) is 7.69. The van der Waals surface area contributed by atoms with Gasteiger partial charge >= 0.3 is 0 Å². The van der Waals surface area contributed by atoms with Gasteiger partial charge in [-0.2, -0.15) is 0 Å². The molecule has 0 radical (unpaired) electrons. The van der Waals surface area contributed by atoms with Crippen molar-refractivity contribution in [1.82, 2.24) is 14.9 Å². The summed E-state index contributed by atoms with van der Waals surface area (Å²) >= 11 is 0. The van der Waals surface area contributed by atoms with Gasteiger partial charge in [-0.05, 0) is 25.6 Å². The average molecular weight is 303 g/mol. The number of hydrogen-bond donors (Lipinski definition) is 0. The highest BCUT2D eigenvalue weighted by Gasteiger charge is 2.38. The maximum Gasteiger partial charge on any atom is 0.285 e. The van der Waals surface area contributed by atoms with Crippen molar-refractivity contribution in [2.24, 2.45) is 0 Å². The lowest BCUT2D eigenvalue weighted by molar-refractivity contribution is -0.189. The number of rotatable bonds is 4. The number of likely N-dealkylation sites (N-methyl/N-ethyl adjacent to an activating group) is 1. The van der Waals surface area contributed by atoms with Crippen molar-refractivity contribution in [2.45, 2.75) is 19.6 Å². The molecule has 3 rings (SSSR count). The first kappa shape index (κ1) is 15.1. The van der Waals surface area contributed by atoms with E-state index in [1.54, 1.807) is 24.3 Å². The van der Waals surface area contributed by atoms with Crippen molar-refractivity contribution in [3.8, 4) is 0 Å². The van der Waals surface area contributed by atoms with Crippen LogP contribution in [0.15, 0.2) is 24.3 Å². The van der Waals surface area contributed by atoms with E-state index in [9.17, 15) is 9.59 Å². The second-order valence-corrected chi connectivity index (χ2v) is 5.76. The summed E-state index contributed by atoms with van der Waals surface area (Å²) in [7, 11) is 2.09. The molecule has 1 atom stereocenters. The van der Waals surface area contributed by atoms with E-state index in [0.717, 1.165) is 37.7 Å². The van der Waals surface area contributed by atoms with Gasteiger partial charge in [0, 0.05) is 26.2 Å². The lowest BCUT2D eigenvalue weighted by Crippen LogP contribution is -2.51. The van der Waals surface area contributed by atoms with E-state index in [1.165, 1.54) is 0 Å². The summed E-state index contributed by atoms with van der Waals surface area (Å²) < 4.78 is 0. The van der Waals surface area contributed by atoms with Crippen LogP contribution in [0, 0.1) is 0 Å². The summed E-state index contributed by atoms with van der Waals surface area (Å²) in [5.41, 5.74) is 0.835. The summed E-state index contributed by atoms with van der Waals surface area (Å²) in [6.07, 6.45) is 0.466. The lowest BCUT2D eigenvalue weighted by atomic mass is 10.1. The predicted molar refractivity (Wildman–Crippen MR) is 81.2 cm³/mol. The zero-order valence-electron chi connectivity index (χ0n) is 13.0. The zero-order valence-corrected chi connectivity index (χ0v) is 13.0. The highest BCUT2D eigenvalue weighted by molar-refractivity contribution is 6.20. The molecule has 1 fully saturated rings. The Balaban J connectivity index is 1.72. The van der Waals surface area contributed by atoms with E-state index in [4.69, 9.17) is 4.84 Å². The van der Waals surface area contributed by atoms with Gasteiger partial charge < -0.3 is 4.90 Å². The smallest absolute Gasteiger partial charge is 0.285 e. The summed E-state index contributed by atoms with van der Waals surface area (Å²) in [5.74, 6) is -0.735. The molecular formula is C16H21N3O3. The van der Waals surface area contributed by atoms with Gasteiger partial charge in [-0.25, -0.2) is 4.84 Å². The molecule has 2 amide bonds. The van der Waals surface area contributed by atoms with Gasteiger partial charge in [0.15, 0.2) is 0 Å². The van der Waals surface area contributed by atoms with Crippen LogP contribution in [0.5, 0.6) is 0 Å². The van der Waals surface area contributed by atoms with Crippen LogP contribution in [-0.2, 0) is 4.84 Å². The number of imide groups is 1. The van der Waals surface area contributed by atoms with E-state index < -0.39 is 0 Å². The molecule has 2 heterocycles. The molecule has 1 aromatic rings. The number of fused-ring (bicyclic) bond motifs is 1. The molecular weight excluding hydrogens is 282 g/mol. The highest BCUT2D eigenvalue weighted by Crippen LogP contribution is 2.24. The van der Waals surface area contributed by atoms with Crippen molar-refractivity contribution in [1.29, 1.82) is 0 Å². The molecule has 1 saturated heterocycles. The molecule has 22 heavy (non-hydrogen) atoms. The molecule has 0 saturated carbocycles. The summed E-state index contributed by atoms with van der Waals surface area (Å²) in [5, 5.41) is 0.928. The Hall–Kier alpha value is -1.76. The van der Waals surface area contributed by atoms with Gasteiger partial charge in [-0.1, -0.05) is 19.1 Å². The maximum absolute atomic E-state index is 12.3. The Bertz CT molecular complexity index is 547. The monoisotopic (exact) mass is 303 g/mol. The van der Waals surface area contributed by atoms with Gasteiger partial charge in [0.1, 0.15) is 6.23 Å². The Morgan fingerprint density at radius 3 is 2.09 bits per heavy atom. The molecule has 0 N–H and O–H groups in total. The van der Waals surface area contributed by atoms with Gasteiger partial charge in [0.25, 0.3) is 11.8 Å². The number of hydroxylamine groups is 2. The van der Waals surface area contributed by atoms with Gasteiger partial charge in [-0.15, -0.1) is 5.06 Å². The fourth-order valence-electron chi connectivity index (χ4n) is 2.89. The van der Waals surface area contributed by atoms with Crippen LogP contribution in [0.25, 0.3) is 0 Å². The molecule has 0 bridgehead atoms. The van der Waals surface area contributed by atoms with Crippen LogP contribution in [0.2, 0.25) is 0 Å². The van der Waals surface area contributed by atoms with Gasteiger partial charge in [0.2, 0.25) is 0 Å². The van der Waals surface area contributed by atoms with Gasteiger partial charge in [-0.3, -0.25) is 14.5 Å². The molecule has 6 heteroatoms. The van der Waals surface area contributed by atoms with E-state index in [1.807, 2.05) is 6.92 Å². The molecule has 6 nitrogen and oxygen atoms in total. The van der Waals surface area contributed by atoms with Crippen LogP contribution in [0.1, 0.15) is 34.1 Å². The fraction of sp³-hybridized carbons (Fsp3) is 0.500. The topological polar surface area (TPSA) is 53.1 Å². The molecule has 0 spiro atoms. The maximum atomic E-state index is 12.3. The minimum Gasteiger partial charge on any atom is -0.304 e. The molecule has 1 unspecified atom stereocenters. The highest BCUT2D eigenvalue weighted by atomic mass is 16.7. The Labute approximate surface area is 130 Å². The van der Waals surface area contributed by atoms with Crippen LogP contribution < -0.4 is 0 Å². The number of nitrogens with zero attached hydrogens (tertiary/aromatic N) is 3. The Morgan fingerprint density at radius 2 is 1.59 bits per heavy atom. The third-order valence-electron chi connectivity index (χ3n) is 4.28. The predicted octanol–water partition coefficient (Wildman–Crippen LogP) is 1.20. The number of hydrogen-bond acceptors (Lipinski definition) is 5. The van der Waals surface area contributed by atoms with Crippen molar-refractivity contribution in [3.05, 3.63) is 35.4 Å². The molecule has 1 aromatic carbocycles. The van der Waals surface area contributed by atoms with E-state index in [0.29, 0.717) is 11.1 Å². The number of carbonyl (C=O) groups is 2. The Kier molecular flexibility index (Phi) is 4.24. The van der Waals surface area contributed by atoms with E-state index in [2.05, 4.69) is 16.8 Å². The van der Waals surface area contributed by atoms with E-state index >= 15 is 0 Å². The van der Waals surface area contributed by atoms with Crippen LogP contribution >= 0.6 is 0 Å². The van der Waals surface area contributed by atoms with Crippen molar-refractivity contribution < 1.29 is 14.4 Å². The first-order valence-electron chi connectivity index (χ1n) is 7.69. The van der Waals surface area contributed by atoms with Crippen molar-refractivity contribution in [3.63, 3.8) is 0 Å². The first-order chi connectivity index (χ1) is 10.6. The van der Waals surface area contributed by atoms with Crippen LogP contribution in [-0.4, -0.2) is 66.1 Å². The lowest BCUT2D eigenvalue weighted by Gasteiger charge is -2.37. The summed E-state index contributed by atoms with van der Waals surface area (Å²) in [6, 6.07) is 6.84. The number of carbonyl (C=O) groups excluding carboxylic acids is 2. The Morgan fingerprint density at radius 1 is 1.05 bits per heavy atom. The number of piperazine rings is 1. The standard InChI is InChI=1S/C16H21N3O3/c1-3-14(18-10-8-17(2)9-11-18)22-19-15(20)12-6-4-5-7-13(12)16(19)21/h4-7,14H,3,8-11H2,1-2H3. The molecule has 0 aromatic heterocycles. The second kappa shape index (κ2) is 6.16.